The Morgan fingerprint density at radius 3 is 2.57 bits per heavy atom. The fourth-order valence-electron chi connectivity index (χ4n) is 2.76. The highest BCUT2D eigenvalue weighted by Crippen LogP contribution is 2.37. The van der Waals surface area contributed by atoms with Gasteiger partial charge in [-0.25, -0.2) is 13.1 Å². The van der Waals surface area contributed by atoms with Crippen molar-refractivity contribution in [3.05, 3.63) is 18.0 Å². The third kappa shape index (κ3) is 4.08. The fraction of sp³-hybridized carbons (Fsp3) is 0.733. The molecule has 120 valence electrons. The van der Waals surface area contributed by atoms with Crippen molar-refractivity contribution < 1.29 is 8.42 Å². The van der Waals surface area contributed by atoms with Gasteiger partial charge in [-0.3, -0.25) is 0 Å². The first-order chi connectivity index (χ1) is 9.79. The van der Waals surface area contributed by atoms with Crippen molar-refractivity contribution in [3.8, 4) is 0 Å². The van der Waals surface area contributed by atoms with Crippen LogP contribution in [0.1, 0.15) is 58.2 Å². The van der Waals surface area contributed by atoms with Crippen LogP contribution in [-0.2, 0) is 16.6 Å². The van der Waals surface area contributed by atoms with Crippen LogP contribution >= 0.6 is 0 Å². The van der Waals surface area contributed by atoms with Gasteiger partial charge in [-0.2, -0.15) is 0 Å². The molecule has 1 aromatic heterocycles. The second kappa shape index (κ2) is 6.10. The first-order valence-corrected chi connectivity index (χ1v) is 9.17. The van der Waals surface area contributed by atoms with E-state index in [0.29, 0.717) is 17.5 Å². The third-order valence-electron chi connectivity index (χ3n) is 3.80. The zero-order valence-electron chi connectivity index (χ0n) is 13.4. The van der Waals surface area contributed by atoms with Crippen molar-refractivity contribution in [3.63, 3.8) is 0 Å². The summed E-state index contributed by atoms with van der Waals surface area (Å²) in [6.45, 7) is 6.61. The van der Waals surface area contributed by atoms with Gasteiger partial charge in [0.25, 0.3) is 0 Å². The normalized spacial score (nSPS) is 16.4. The molecule has 0 atom stereocenters. The van der Waals surface area contributed by atoms with Crippen molar-refractivity contribution in [2.45, 2.75) is 69.5 Å². The fourth-order valence-corrected chi connectivity index (χ4v) is 4.25. The van der Waals surface area contributed by atoms with Gasteiger partial charge in [0.1, 0.15) is 0 Å². The molecule has 2 rings (SSSR count). The van der Waals surface area contributed by atoms with E-state index in [-0.39, 0.29) is 0 Å². The summed E-state index contributed by atoms with van der Waals surface area (Å²) in [5.74, 6) is 0. The molecule has 1 aliphatic rings. The average molecular weight is 313 g/mol. The first kappa shape index (κ1) is 16.5. The predicted molar refractivity (Wildman–Crippen MR) is 84.8 cm³/mol. The highest BCUT2D eigenvalue weighted by atomic mass is 32.2. The van der Waals surface area contributed by atoms with Gasteiger partial charge < -0.3 is 9.88 Å². The maximum absolute atomic E-state index is 12.6. The van der Waals surface area contributed by atoms with Crippen LogP contribution in [-0.4, -0.2) is 25.6 Å². The SMILES string of the molecule is CCCC(C)(C)NS(=O)(=O)c1cc(CNC)n(C2CC2)c1. The zero-order valence-corrected chi connectivity index (χ0v) is 14.3. The number of hydrogen-bond donors (Lipinski definition) is 2. The van der Waals surface area contributed by atoms with Gasteiger partial charge in [-0.05, 0) is 46.2 Å². The molecule has 0 aliphatic heterocycles. The number of nitrogens with zero attached hydrogens (tertiary/aromatic N) is 1. The lowest BCUT2D eigenvalue weighted by Crippen LogP contribution is -2.43. The van der Waals surface area contributed by atoms with E-state index in [4.69, 9.17) is 0 Å². The highest BCUT2D eigenvalue weighted by molar-refractivity contribution is 7.89. The van der Waals surface area contributed by atoms with Gasteiger partial charge >= 0.3 is 0 Å². The van der Waals surface area contributed by atoms with E-state index in [2.05, 4.69) is 21.5 Å². The van der Waals surface area contributed by atoms with Crippen molar-refractivity contribution in [1.82, 2.24) is 14.6 Å². The van der Waals surface area contributed by atoms with Crippen molar-refractivity contribution in [1.29, 1.82) is 0 Å². The Morgan fingerprint density at radius 1 is 1.38 bits per heavy atom. The Balaban J connectivity index is 2.25. The number of aromatic nitrogens is 1. The molecule has 1 fully saturated rings. The van der Waals surface area contributed by atoms with E-state index in [1.54, 1.807) is 12.3 Å². The first-order valence-electron chi connectivity index (χ1n) is 7.68. The second-order valence-electron chi connectivity index (χ2n) is 6.58. The molecular formula is C15H27N3O2S. The molecule has 0 spiro atoms. The van der Waals surface area contributed by atoms with Crippen LogP contribution < -0.4 is 10.0 Å². The van der Waals surface area contributed by atoms with Crippen LogP contribution in [0.2, 0.25) is 0 Å². The van der Waals surface area contributed by atoms with E-state index in [1.165, 1.54) is 0 Å². The Hall–Kier alpha value is -0.850. The molecule has 1 aromatic rings. The molecule has 0 aromatic carbocycles. The molecule has 1 saturated carbocycles. The Morgan fingerprint density at radius 2 is 2.05 bits per heavy atom. The van der Waals surface area contributed by atoms with E-state index >= 15 is 0 Å². The Bertz CT molecular complexity index is 586. The molecule has 0 amide bonds. The van der Waals surface area contributed by atoms with E-state index in [9.17, 15) is 8.42 Å². The number of nitrogens with one attached hydrogen (secondary N) is 2. The lowest BCUT2D eigenvalue weighted by molar-refractivity contribution is 0.417. The molecule has 1 heterocycles. The second-order valence-corrected chi connectivity index (χ2v) is 8.26. The monoisotopic (exact) mass is 313 g/mol. The summed E-state index contributed by atoms with van der Waals surface area (Å²) in [5.41, 5.74) is 0.618. The van der Waals surface area contributed by atoms with Crippen molar-refractivity contribution in [2.24, 2.45) is 0 Å². The maximum Gasteiger partial charge on any atom is 0.242 e. The molecule has 1 aliphatic carbocycles. The van der Waals surface area contributed by atoms with E-state index in [1.807, 2.05) is 20.9 Å². The molecular weight excluding hydrogens is 286 g/mol. The molecule has 0 unspecified atom stereocenters. The quantitative estimate of drug-likeness (QED) is 0.774. The molecule has 0 radical (unpaired) electrons. The van der Waals surface area contributed by atoms with Gasteiger partial charge in [0.2, 0.25) is 10.0 Å². The number of hydrogen-bond acceptors (Lipinski definition) is 3. The standard InChI is InChI=1S/C15H27N3O2S/c1-5-8-15(2,3)17-21(19,20)14-9-13(10-16-4)18(11-14)12-6-7-12/h9,11-12,16-17H,5-8,10H2,1-4H3. The molecule has 21 heavy (non-hydrogen) atoms. The molecule has 5 nitrogen and oxygen atoms in total. The van der Waals surface area contributed by atoms with E-state index in [0.717, 1.165) is 31.4 Å². The summed E-state index contributed by atoms with van der Waals surface area (Å²) in [7, 11) is -1.59. The van der Waals surface area contributed by atoms with Gasteiger partial charge in [0.15, 0.2) is 0 Å². The molecule has 0 saturated heterocycles. The molecule has 6 heteroatoms. The minimum Gasteiger partial charge on any atom is -0.346 e. The van der Waals surface area contributed by atoms with Crippen LogP contribution in [0.3, 0.4) is 0 Å². The summed E-state index contributed by atoms with van der Waals surface area (Å²) in [4.78, 5) is 0.379. The van der Waals surface area contributed by atoms with Crippen molar-refractivity contribution >= 4 is 10.0 Å². The van der Waals surface area contributed by atoms with Crippen LogP contribution in [0.25, 0.3) is 0 Å². The molecule has 0 bridgehead atoms. The zero-order chi connectivity index (χ0) is 15.7. The van der Waals surface area contributed by atoms with Gasteiger partial charge in [0.05, 0.1) is 4.90 Å². The summed E-state index contributed by atoms with van der Waals surface area (Å²) in [6, 6.07) is 2.26. The lowest BCUT2D eigenvalue weighted by Gasteiger charge is -2.25. The highest BCUT2D eigenvalue weighted by Gasteiger charge is 2.30. The minimum atomic E-state index is -3.46. The van der Waals surface area contributed by atoms with Crippen LogP contribution in [0.5, 0.6) is 0 Å². The van der Waals surface area contributed by atoms with Crippen LogP contribution in [0.15, 0.2) is 17.2 Å². The number of sulfonamides is 1. The average Bonchev–Trinajstić information content (AvgIpc) is 3.09. The Kier molecular flexibility index (Phi) is 4.80. The predicted octanol–water partition coefficient (Wildman–Crippen LogP) is 2.40. The topological polar surface area (TPSA) is 63.1 Å². The van der Waals surface area contributed by atoms with Crippen LogP contribution in [0, 0.1) is 0 Å². The van der Waals surface area contributed by atoms with Crippen molar-refractivity contribution in [2.75, 3.05) is 7.05 Å². The minimum absolute atomic E-state index is 0.379. The summed E-state index contributed by atoms with van der Waals surface area (Å²) in [5, 5.41) is 3.10. The van der Waals surface area contributed by atoms with Gasteiger partial charge in [-0.15, -0.1) is 0 Å². The lowest BCUT2D eigenvalue weighted by atomic mass is 10.0. The maximum atomic E-state index is 12.6. The van der Waals surface area contributed by atoms with Gasteiger partial charge in [0, 0.05) is 30.0 Å². The van der Waals surface area contributed by atoms with Gasteiger partial charge in [-0.1, -0.05) is 13.3 Å². The summed E-state index contributed by atoms with van der Waals surface area (Å²) in [6.07, 6.45) is 5.83. The van der Waals surface area contributed by atoms with E-state index < -0.39 is 15.6 Å². The number of rotatable bonds is 8. The largest absolute Gasteiger partial charge is 0.346 e. The summed E-state index contributed by atoms with van der Waals surface area (Å²) >= 11 is 0. The van der Waals surface area contributed by atoms with Crippen LogP contribution in [0.4, 0.5) is 0 Å². The smallest absolute Gasteiger partial charge is 0.242 e. The molecule has 2 N–H and O–H groups in total. The summed E-state index contributed by atoms with van der Waals surface area (Å²) < 4.78 is 30.1. The Labute approximate surface area is 128 Å². The third-order valence-corrected chi connectivity index (χ3v) is 5.47.